The van der Waals surface area contributed by atoms with E-state index in [1.807, 2.05) is 4.90 Å². The average molecular weight is 341 g/mol. The van der Waals surface area contributed by atoms with E-state index in [2.05, 4.69) is 0 Å². The molecule has 1 atom stereocenters. The summed E-state index contributed by atoms with van der Waals surface area (Å²) < 4.78 is 32.7. The number of nitrogens with zero attached hydrogens (tertiary/aromatic N) is 1. The molecule has 0 spiro atoms. The molecule has 2 heterocycles. The third-order valence-corrected chi connectivity index (χ3v) is 5.84. The highest BCUT2D eigenvalue weighted by atomic mass is 32.2. The smallest absolute Gasteiger partial charge is 0.225 e. The van der Waals surface area contributed by atoms with Gasteiger partial charge in [-0.15, -0.1) is 0 Å². The summed E-state index contributed by atoms with van der Waals surface area (Å²) in [6.07, 6.45) is 2.22. The molecule has 2 aliphatic rings. The van der Waals surface area contributed by atoms with Gasteiger partial charge >= 0.3 is 0 Å². The second-order valence-corrected chi connectivity index (χ2v) is 7.34. The average Bonchev–Trinajstić information content (AvgIpc) is 2.83. The van der Waals surface area contributed by atoms with Gasteiger partial charge in [-0.05, 0) is 37.5 Å². The lowest BCUT2D eigenvalue weighted by Gasteiger charge is -2.28. The lowest BCUT2D eigenvalue weighted by molar-refractivity contribution is -0.138. The molecule has 0 unspecified atom stereocenters. The third-order valence-electron chi connectivity index (χ3n) is 4.53. The number of hydrogen-bond donors (Lipinski definition) is 0. The first-order valence-electron chi connectivity index (χ1n) is 8.08. The number of ether oxygens (including phenoxy) is 1. The van der Waals surface area contributed by atoms with E-state index in [-0.39, 0.29) is 22.9 Å². The van der Waals surface area contributed by atoms with E-state index in [9.17, 15) is 13.6 Å². The molecule has 1 amide bonds. The number of rotatable bonds is 2. The Bertz CT molecular complexity index is 564. The number of amides is 1. The largest absolute Gasteiger partial charge is 0.381 e. The first-order chi connectivity index (χ1) is 11.1. The van der Waals surface area contributed by atoms with Gasteiger partial charge in [-0.1, -0.05) is 0 Å². The number of carbonyl (C=O) groups is 1. The van der Waals surface area contributed by atoms with Gasteiger partial charge in [0.15, 0.2) is 0 Å². The molecule has 1 aromatic carbocycles. The highest BCUT2D eigenvalue weighted by molar-refractivity contribution is 7.99. The van der Waals surface area contributed by atoms with Gasteiger partial charge in [0.1, 0.15) is 11.6 Å². The first kappa shape index (κ1) is 16.7. The first-order valence-corrected chi connectivity index (χ1v) is 9.13. The summed E-state index contributed by atoms with van der Waals surface area (Å²) in [5.41, 5.74) is 0.412. The maximum absolute atomic E-state index is 14.0. The van der Waals surface area contributed by atoms with Crippen molar-refractivity contribution in [1.29, 1.82) is 0 Å². The van der Waals surface area contributed by atoms with E-state index in [4.69, 9.17) is 4.74 Å². The predicted molar refractivity (Wildman–Crippen MR) is 86.3 cm³/mol. The minimum Gasteiger partial charge on any atom is -0.381 e. The van der Waals surface area contributed by atoms with Gasteiger partial charge in [-0.25, -0.2) is 8.78 Å². The summed E-state index contributed by atoms with van der Waals surface area (Å²) in [7, 11) is 0. The van der Waals surface area contributed by atoms with Gasteiger partial charge in [0.05, 0.1) is 0 Å². The Labute approximate surface area is 139 Å². The van der Waals surface area contributed by atoms with Crippen LogP contribution < -0.4 is 0 Å². The zero-order valence-corrected chi connectivity index (χ0v) is 13.8. The zero-order valence-electron chi connectivity index (χ0n) is 13.0. The molecular formula is C17H21F2NO2S. The Hall–Kier alpha value is -1.14. The minimum atomic E-state index is -0.415. The van der Waals surface area contributed by atoms with Crippen LogP contribution in [0.1, 0.15) is 30.1 Å². The fraction of sp³-hybridized carbons (Fsp3) is 0.588. The molecule has 0 saturated carbocycles. The molecule has 0 radical (unpaired) electrons. The standard InChI is InChI=1S/C17H21F2NO2S/c18-13-1-2-15(19)14(11-13)16-3-6-20(7-10-23-16)17(21)12-4-8-22-9-5-12/h1-2,11-12,16H,3-10H2/t16-/m1/s1. The summed E-state index contributed by atoms with van der Waals surface area (Å²) in [6, 6.07) is 3.60. The molecule has 3 nitrogen and oxygen atoms in total. The molecule has 2 aliphatic heterocycles. The van der Waals surface area contributed by atoms with Crippen LogP contribution in [0.4, 0.5) is 8.78 Å². The van der Waals surface area contributed by atoms with Crippen molar-refractivity contribution in [3.8, 4) is 0 Å². The fourth-order valence-corrected chi connectivity index (χ4v) is 4.45. The van der Waals surface area contributed by atoms with Crippen molar-refractivity contribution in [2.24, 2.45) is 5.92 Å². The van der Waals surface area contributed by atoms with Crippen molar-refractivity contribution >= 4 is 17.7 Å². The van der Waals surface area contributed by atoms with Gasteiger partial charge in [0, 0.05) is 48.8 Å². The van der Waals surface area contributed by atoms with E-state index in [1.165, 1.54) is 12.1 Å². The lowest BCUT2D eigenvalue weighted by Crippen LogP contribution is -2.39. The van der Waals surface area contributed by atoms with Gasteiger partial charge < -0.3 is 9.64 Å². The highest BCUT2D eigenvalue weighted by Gasteiger charge is 2.29. The lowest BCUT2D eigenvalue weighted by atomic mass is 9.98. The van der Waals surface area contributed by atoms with Crippen molar-refractivity contribution in [3.63, 3.8) is 0 Å². The Morgan fingerprint density at radius 2 is 1.96 bits per heavy atom. The van der Waals surface area contributed by atoms with E-state index in [1.54, 1.807) is 11.8 Å². The highest BCUT2D eigenvalue weighted by Crippen LogP contribution is 2.36. The fourth-order valence-electron chi connectivity index (χ4n) is 3.20. The maximum atomic E-state index is 14.0. The molecule has 2 fully saturated rings. The normalized spacial score (nSPS) is 23.6. The van der Waals surface area contributed by atoms with Crippen LogP contribution in [0.5, 0.6) is 0 Å². The number of carbonyl (C=O) groups excluding carboxylic acids is 1. The SMILES string of the molecule is O=C(C1CCOCC1)N1CCS[C@@H](c2cc(F)ccc2F)CC1. The van der Waals surface area contributed by atoms with Gasteiger partial charge in [0.25, 0.3) is 0 Å². The second-order valence-electron chi connectivity index (χ2n) is 6.03. The van der Waals surface area contributed by atoms with Crippen molar-refractivity contribution in [2.75, 3.05) is 32.1 Å². The van der Waals surface area contributed by atoms with Crippen LogP contribution in [0.2, 0.25) is 0 Å². The zero-order chi connectivity index (χ0) is 16.2. The molecule has 0 N–H and O–H groups in total. The molecule has 23 heavy (non-hydrogen) atoms. The van der Waals surface area contributed by atoms with Crippen molar-refractivity contribution in [3.05, 3.63) is 35.4 Å². The number of benzene rings is 1. The topological polar surface area (TPSA) is 29.5 Å². The van der Waals surface area contributed by atoms with Crippen LogP contribution in [-0.2, 0) is 9.53 Å². The Kier molecular flexibility index (Phi) is 5.54. The van der Waals surface area contributed by atoms with E-state index in [0.29, 0.717) is 38.3 Å². The quantitative estimate of drug-likeness (QED) is 0.826. The molecular weight excluding hydrogens is 320 g/mol. The summed E-state index contributed by atoms with van der Waals surface area (Å²) >= 11 is 1.60. The molecule has 1 aromatic rings. The van der Waals surface area contributed by atoms with Crippen molar-refractivity contribution < 1.29 is 18.3 Å². The van der Waals surface area contributed by atoms with Crippen LogP contribution in [0, 0.1) is 17.6 Å². The summed E-state index contributed by atoms with van der Waals surface area (Å²) in [6.45, 7) is 2.57. The molecule has 126 valence electrons. The molecule has 6 heteroatoms. The Morgan fingerprint density at radius 3 is 2.74 bits per heavy atom. The molecule has 0 bridgehead atoms. The summed E-state index contributed by atoms with van der Waals surface area (Å²) in [5.74, 6) is 0.204. The molecule has 0 aliphatic carbocycles. The molecule has 0 aromatic heterocycles. The van der Waals surface area contributed by atoms with Crippen LogP contribution in [0.3, 0.4) is 0 Å². The minimum absolute atomic E-state index is 0.0520. The second kappa shape index (κ2) is 7.62. The maximum Gasteiger partial charge on any atom is 0.225 e. The molecule has 3 rings (SSSR count). The molecule has 2 saturated heterocycles. The number of halogens is 2. The van der Waals surface area contributed by atoms with Crippen LogP contribution >= 0.6 is 11.8 Å². The van der Waals surface area contributed by atoms with Crippen molar-refractivity contribution in [2.45, 2.75) is 24.5 Å². The number of hydrogen-bond acceptors (Lipinski definition) is 3. The Morgan fingerprint density at radius 1 is 1.17 bits per heavy atom. The predicted octanol–water partition coefficient (Wildman–Crippen LogP) is 3.40. The Balaban J connectivity index is 1.64. The summed E-state index contributed by atoms with van der Waals surface area (Å²) in [4.78, 5) is 14.5. The number of thioether (sulfide) groups is 1. The van der Waals surface area contributed by atoms with Crippen molar-refractivity contribution in [1.82, 2.24) is 4.90 Å². The monoisotopic (exact) mass is 341 g/mol. The van der Waals surface area contributed by atoms with E-state index >= 15 is 0 Å². The third kappa shape index (κ3) is 4.04. The van der Waals surface area contributed by atoms with Crippen LogP contribution in [-0.4, -0.2) is 42.9 Å². The van der Waals surface area contributed by atoms with Gasteiger partial charge in [0.2, 0.25) is 5.91 Å². The van der Waals surface area contributed by atoms with Gasteiger partial charge in [-0.2, -0.15) is 11.8 Å². The van der Waals surface area contributed by atoms with Crippen LogP contribution in [0.25, 0.3) is 0 Å². The van der Waals surface area contributed by atoms with E-state index < -0.39 is 5.82 Å². The van der Waals surface area contributed by atoms with Gasteiger partial charge in [-0.3, -0.25) is 4.79 Å². The van der Waals surface area contributed by atoms with E-state index in [0.717, 1.165) is 24.7 Å². The van der Waals surface area contributed by atoms with Crippen LogP contribution in [0.15, 0.2) is 18.2 Å². The summed E-state index contributed by atoms with van der Waals surface area (Å²) in [5, 5.41) is -0.0989.